The number of carbonyl (C=O) groups is 1. The molecule has 1 N–H and O–H groups in total. The third-order valence-corrected chi connectivity index (χ3v) is 9.49. The maximum Gasteiger partial charge on any atom is 0.472 e. The molecule has 0 amide bonds. The SMILES string of the molecule is CC/C=C\C/C=C\C/C=C\C/C=C\CCCCCOCC(COP(=O)(O)OCC[N+](C)(C)C)OC(=O)CCCCCCC/C=C\C/C=C\CCCCCC. The number of likely N-dealkylation sites (N-methyl/N-ethyl adjacent to an activating group) is 1. The quantitative estimate of drug-likeness (QED) is 0.0219. The van der Waals surface area contributed by atoms with Crippen molar-refractivity contribution in [1.29, 1.82) is 0 Å². The molecule has 0 bridgehead atoms. The highest BCUT2D eigenvalue weighted by Gasteiger charge is 2.26. The minimum absolute atomic E-state index is 0.0754. The van der Waals surface area contributed by atoms with Crippen LogP contribution in [0.2, 0.25) is 0 Å². The number of nitrogens with zero attached hydrogens (tertiary/aromatic N) is 1. The Hall–Kier alpha value is -2.06. The van der Waals surface area contributed by atoms with Crippen molar-refractivity contribution < 1.29 is 37.3 Å². The Kier molecular flexibility index (Phi) is 36.4. The molecule has 0 saturated carbocycles. The third-order valence-electron chi connectivity index (χ3n) is 8.50. The van der Waals surface area contributed by atoms with Crippen LogP contribution in [0.5, 0.6) is 0 Å². The molecule has 2 atom stereocenters. The lowest BCUT2D eigenvalue weighted by atomic mass is 10.1. The van der Waals surface area contributed by atoms with Crippen molar-refractivity contribution in [3.05, 3.63) is 72.9 Å². The Morgan fingerprint density at radius 2 is 1.07 bits per heavy atom. The van der Waals surface area contributed by atoms with Crippen molar-refractivity contribution in [3.63, 3.8) is 0 Å². The van der Waals surface area contributed by atoms with Gasteiger partial charge in [0.15, 0.2) is 0 Å². The minimum Gasteiger partial charge on any atom is -0.457 e. The van der Waals surface area contributed by atoms with Gasteiger partial charge >= 0.3 is 13.8 Å². The number of phosphoric ester groups is 1. The van der Waals surface area contributed by atoms with Crippen LogP contribution in [0, 0.1) is 0 Å². The molecule has 312 valence electrons. The number of carbonyl (C=O) groups excluding carboxylic acids is 1. The van der Waals surface area contributed by atoms with Crippen molar-refractivity contribution in [2.24, 2.45) is 0 Å². The van der Waals surface area contributed by atoms with Crippen molar-refractivity contribution >= 4 is 13.8 Å². The topological polar surface area (TPSA) is 91.3 Å². The number of quaternary nitrogens is 1. The molecule has 0 aliphatic carbocycles. The van der Waals surface area contributed by atoms with E-state index in [4.69, 9.17) is 18.5 Å². The first-order chi connectivity index (χ1) is 26.1. The average Bonchev–Trinajstić information content (AvgIpc) is 3.12. The zero-order valence-corrected chi connectivity index (χ0v) is 36.1. The summed E-state index contributed by atoms with van der Waals surface area (Å²) in [6.45, 7) is 5.37. The van der Waals surface area contributed by atoms with Gasteiger partial charge in [0, 0.05) is 13.0 Å². The Labute approximate surface area is 332 Å². The second-order valence-electron chi connectivity index (χ2n) is 15.0. The second-order valence-corrected chi connectivity index (χ2v) is 16.4. The van der Waals surface area contributed by atoms with Crippen LogP contribution in [-0.4, -0.2) is 75.6 Å². The predicted octanol–water partition coefficient (Wildman–Crippen LogP) is 12.3. The number of hydrogen-bond acceptors (Lipinski definition) is 6. The van der Waals surface area contributed by atoms with E-state index in [2.05, 4.69) is 86.8 Å². The van der Waals surface area contributed by atoms with Crippen LogP contribution in [0.4, 0.5) is 0 Å². The van der Waals surface area contributed by atoms with E-state index in [1.165, 1.54) is 32.1 Å². The monoisotopic (exact) mass is 779 g/mol. The molecule has 0 saturated heterocycles. The molecule has 54 heavy (non-hydrogen) atoms. The lowest BCUT2D eigenvalue weighted by Gasteiger charge is -2.24. The van der Waals surface area contributed by atoms with Gasteiger partial charge in [0.2, 0.25) is 0 Å². The number of esters is 1. The zero-order valence-electron chi connectivity index (χ0n) is 35.2. The van der Waals surface area contributed by atoms with Crippen molar-refractivity contribution in [2.45, 2.75) is 155 Å². The van der Waals surface area contributed by atoms with Gasteiger partial charge in [-0.1, -0.05) is 132 Å². The molecule has 0 heterocycles. The molecule has 0 aromatic carbocycles. The molecular formula is C45H81NO7P+. The first kappa shape index (κ1) is 51.9. The predicted molar refractivity (Wildman–Crippen MR) is 228 cm³/mol. The first-order valence-corrected chi connectivity index (χ1v) is 22.7. The van der Waals surface area contributed by atoms with Gasteiger partial charge in [-0.05, 0) is 83.5 Å². The third kappa shape index (κ3) is 41.1. The van der Waals surface area contributed by atoms with Crippen molar-refractivity contribution in [2.75, 3.05) is 54.1 Å². The number of phosphoric acid groups is 1. The van der Waals surface area contributed by atoms with Crippen LogP contribution in [0.1, 0.15) is 149 Å². The molecular weight excluding hydrogens is 697 g/mol. The molecule has 0 aromatic rings. The second kappa shape index (κ2) is 37.8. The summed E-state index contributed by atoms with van der Waals surface area (Å²) in [4.78, 5) is 22.9. The van der Waals surface area contributed by atoms with E-state index in [0.29, 0.717) is 24.1 Å². The van der Waals surface area contributed by atoms with Crippen LogP contribution in [-0.2, 0) is 27.9 Å². The van der Waals surface area contributed by atoms with Gasteiger partial charge in [-0.15, -0.1) is 0 Å². The molecule has 9 heteroatoms. The Bertz CT molecular complexity index is 1090. The summed E-state index contributed by atoms with van der Waals surface area (Å²) >= 11 is 0. The summed E-state index contributed by atoms with van der Waals surface area (Å²) in [6.07, 6.45) is 47.9. The van der Waals surface area contributed by atoms with Crippen LogP contribution in [0.25, 0.3) is 0 Å². The summed E-state index contributed by atoms with van der Waals surface area (Å²) in [5, 5.41) is 0. The van der Waals surface area contributed by atoms with Crippen LogP contribution < -0.4 is 0 Å². The highest BCUT2D eigenvalue weighted by Crippen LogP contribution is 2.43. The standard InChI is InChI=1S/C45H80NO7P/c1-6-8-10-12-14-16-18-20-22-24-26-28-30-32-34-36-38-45(47)53-44(43-52-54(48,49)51-41-39-46(3,4)5)42-50-40-37-35-33-31-29-27-25-23-21-19-17-15-13-11-9-7-2/h9,11,15-18,21-24,27,29,44H,6-8,10,12-14,19-20,25-26,28,30-43H2,1-5H3/p+1/b11-9-,17-15-,18-16-,23-21-,24-22-,29-27-. The van der Waals surface area contributed by atoms with E-state index >= 15 is 0 Å². The van der Waals surface area contributed by atoms with E-state index in [1.807, 2.05) is 21.1 Å². The van der Waals surface area contributed by atoms with Gasteiger partial charge in [0.05, 0.1) is 34.4 Å². The van der Waals surface area contributed by atoms with Crippen LogP contribution >= 0.6 is 7.82 Å². The molecule has 2 unspecified atom stereocenters. The highest BCUT2D eigenvalue weighted by molar-refractivity contribution is 7.47. The van der Waals surface area contributed by atoms with Crippen molar-refractivity contribution in [3.8, 4) is 0 Å². The molecule has 0 radical (unpaired) electrons. The average molecular weight is 779 g/mol. The molecule has 0 rings (SSSR count). The van der Waals surface area contributed by atoms with E-state index < -0.39 is 13.9 Å². The van der Waals surface area contributed by atoms with E-state index in [-0.39, 0.29) is 25.8 Å². The summed E-state index contributed by atoms with van der Waals surface area (Å²) < 4.78 is 34.9. The fraction of sp³-hybridized carbons (Fsp3) is 0.711. The largest absolute Gasteiger partial charge is 0.472 e. The van der Waals surface area contributed by atoms with Gasteiger partial charge in [0.1, 0.15) is 19.3 Å². The normalized spacial score (nSPS) is 14.6. The fourth-order valence-corrected chi connectivity index (χ4v) is 5.96. The number of unbranched alkanes of at least 4 members (excludes halogenated alkanes) is 12. The number of allylic oxidation sites excluding steroid dienone is 12. The minimum atomic E-state index is -4.29. The van der Waals surface area contributed by atoms with Gasteiger partial charge < -0.3 is 18.9 Å². The van der Waals surface area contributed by atoms with Crippen LogP contribution in [0.15, 0.2) is 72.9 Å². The van der Waals surface area contributed by atoms with Gasteiger partial charge in [0.25, 0.3) is 0 Å². The van der Waals surface area contributed by atoms with Crippen molar-refractivity contribution in [1.82, 2.24) is 0 Å². The highest BCUT2D eigenvalue weighted by atomic mass is 31.2. The van der Waals surface area contributed by atoms with E-state index in [9.17, 15) is 14.3 Å². The molecule has 0 fully saturated rings. The molecule has 0 aromatic heterocycles. The Balaban J connectivity index is 4.37. The summed E-state index contributed by atoms with van der Waals surface area (Å²) in [6, 6.07) is 0. The summed E-state index contributed by atoms with van der Waals surface area (Å²) in [7, 11) is 1.62. The summed E-state index contributed by atoms with van der Waals surface area (Å²) in [5.41, 5.74) is 0. The number of hydrogen-bond donors (Lipinski definition) is 1. The maximum absolute atomic E-state index is 12.7. The van der Waals surface area contributed by atoms with Gasteiger partial charge in [-0.3, -0.25) is 13.8 Å². The lowest BCUT2D eigenvalue weighted by Crippen LogP contribution is -2.37. The molecule has 0 spiro atoms. The van der Waals surface area contributed by atoms with Gasteiger partial charge in [-0.25, -0.2) is 4.57 Å². The van der Waals surface area contributed by atoms with E-state index in [1.54, 1.807) is 0 Å². The molecule has 8 nitrogen and oxygen atoms in total. The van der Waals surface area contributed by atoms with E-state index in [0.717, 1.165) is 96.3 Å². The van der Waals surface area contributed by atoms with Crippen LogP contribution in [0.3, 0.4) is 0 Å². The molecule has 0 aliphatic rings. The smallest absolute Gasteiger partial charge is 0.457 e. The molecule has 0 aliphatic heterocycles. The fourth-order valence-electron chi connectivity index (χ4n) is 5.22. The zero-order chi connectivity index (χ0) is 39.9. The summed E-state index contributed by atoms with van der Waals surface area (Å²) in [5.74, 6) is -0.342. The Morgan fingerprint density at radius 3 is 1.61 bits per heavy atom. The first-order valence-electron chi connectivity index (χ1n) is 21.2. The lowest BCUT2D eigenvalue weighted by molar-refractivity contribution is -0.870. The Morgan fingerprint density at radius 1 is 0.593 bits per heavy atom. The number of ether oxygens (including phenoxy) is 2. The maximum atomic E-state index is 12.7. The number of rotatable bonds is 38. The van der Waals surface area contributed by atoms with Gasteiger partial charge in [-0.2, -0.15) is 0 Å².